The Balaban J connectivity index is 1.23. The van der Waals surface area contributed by atoms with Gasteiger partial charge in [-0.15, -0.1) is 0 Å². The van der Waals surface area contributed by atoms with E-state index in [1.807, 2.05) is 0 Å². The standard InChI is InChI=1S/C22H27Cl2N3O6S/c1-12(27-34(31,32)16-2-3-17(23)18(24)7-16)20(29)33-11-19(28)25-21(30)26-22-8-13-4-14(9-22)6-15(5-13)10-22/h2-3,7,12-15,27H,4-6,8-11H2,1H3,(H2,25,26,28,30). The molecule has 4 aliphatic rings. The maximum atomic E-state index is 12.4. The number of halogens is 2. The molecule has 3 N–H and O–H groups in total. The van der Waals surface area contributed by atoms with E-state index in [1.165, 1.54) is 38.3 Å². The quantitative estimate of drug-likeness (QED) is 0.463. The van der Waals surface area contributed by atoms with Crippen molar-refractivity contribution in [3.05, 3.63) is 28.2 Å². The summed E-state index contributed by atoms with van der Waals surface area (Å²) in [5, 5.41) is 5.43. The van der Waals surface area contributed by atoms with Crippen LogP contribution in [-0.2, 0) is 24.3 Å². The number of ether oxygens (including phenoxy) is 1. The maximum Gasteiger partial charge on any atom is 0.324 e. The molecule has 4 fully saturated rings. The van der Waals surface area contributed by atoms with Crippen LogP contribution in [0.3, 0.4) is 0 Å². The summed E-state index contributed by atoms with van der Waals surface area (Å²) in [5.74, 6) is 0.141. The molecule has 0 aromatic heterocycles. The second-order valence-corrected chi connectivity index (χ2v) is 12.3. The molecular weight excluding hydrogens is 505 g/mol. The van der Waals surface area contributed by atoms with Gasteiger partial charge in [-0.25, -0.2) is 13.2 Å². The van der Waals surface area contributed by atoms with Gasteiger partial charge in [-0.1, -0.05) is 23.2 Å². The molecule has 1 atom stereocenters. The average molecular weight is 532 g/mol. The minimum atomic E-state index is -4.09. The minimum Gasteiger partial charge on any atom is -0.454 e. The molecule has 34 heavy (non-hydrogen) atoms. The van der Waals surface area contributed by atoms with Crippen LogP contribution in [0.2, 0.25) is 10.0 Å². The predicted octanol–water partition coefficient (Wildman–Crippen LogP) is 3.00. The summed E-state index contributed by atoms with van der Waals surface area (Å²) in [6.07, 6.45) is 6.49. The zero-order valence-electron chi connectivity index (χ0n) is 18.6. The highest BCUT2D eigenvalue weighted by atomic mass is 35.5. The molecule has 0 spiro atoms. The average Bonchev–Trinajstić information content (AvgIpc) is 2.72. The minimum absolute atomic E-state index is 0.0447. The number of amides is 3. The number of carbonyl (C=O) groups is 3. The van der Waals surface area contributed by atoms with E-state index >= 15 is 0 Å². The third kappa shape index (κ3) is 5.67. The second kappa shape index (κ2) is 9.64. The van der Waals surface area contributed by atoms with Gasteiger partial charge in [0.15, 0.2) is 6.61 Å². The van der Waals surface area contributed by atoms with Crippen LogP contribution >= 0.6 is 23.2 Å². The number of nitrogens with one attached hydrogen (secondary N) is 3. The zero-order chi connectivity index (χ0) is 24.7. The molecule has 4 aliphatic carbocycles. The van der Waals surface area contributed by atoms with E-state index in [0.29, 0.717) is 17.8 Å². The third-order valence-electron chi connectivity index (χ3n) is 6.90. The molecule has 3 amide bonds. The lowest BCUT2D eigenvalue weighted by Crippen LogP contribution is -2.62. The van der Waals surface area contributed by atoms with Crippen LogP contribution in [0.15, 0.2) is 23.1 Å². The summed E-state index contributed by atoms with van der Waals surface area (Å²) in [5.41, 5.74) is -0.257. The predicted molar refractivity (Wildman–Crippen MR) is 125 cm³/mol. The highest BCUT2D eigenvalue weighted by Gasteiger charge is 2.51. The monoisotopic (exact) mass is 531 g/mol. The van der Waals surface area contributed by atoms with Gasteiger partial charge in [-0.3, -0.25) is 14.9 Å². The fourth-order valence-corrected chi connectivity index (χ4v) is 7.53. The summed E-state index contributed by atoms with van der Waals surface area (Å²) < 4.78 is 31.9. The summed E-state index contributed by atoms with van der Waals surface area (Å²) in [6.45, 7) is 0.557. The summed E-state index contributed by atoms with van der Waals surface area (Å²) in [7, 11) is -4.09. The van der Waals surface area contributed by atoms with E-state index in [1.54, 1.807) is 0 Å². The van der Waals surface area contributed by atoms with Crippen LogP contribution < -0.4 is 15.4 Å². The highest BCUT2D eigenvalue weighted by Crippen LogP contribution is 2.55. The Morgan fingerprint density at radius 2 is 1.65 bits per heavy atom. The van der Waals surface area contributed by atoms with Crippen molar-refractivity contribution in [1.29, 1.82) is 0 Å². The molecule has 1 aromatic rings. The molecule has 0 aliphatic heterocycles. The van der Waals surface area contributed by atoms with Crippen molar-refractivity contribution in [3.8, 4) is 0 Å². The van der Waals surface area contributed by atoms with Gasteiger partial charge in [0.1, 0.15) is 6.04 Å². The lowest BCUT2D eigenvalue weighted by Gasteiger charge is -2.56. The van der Waals surface area contributed by atoms with Crippen LogP contribution in [0.4, 0.5) is 4.79 Å². The number of urea groups is 1. The fraction of sp³-hybridized carbons (Fsp3) is 0.591. The number of rotatable bonds is 7. The van der Waals surface area contributed by atoms with Crippen LogP contribution in [0.5, 0.6) is 0 Å². The molecule has 1 aromatic carbocycles. The van der Waals surface area contributed by atoms with E-state index in [2.05, 4.69) is 15.4 Å². The maximum absolute atomic E-state index is 12.4. The van der Waals surface area contributed by atoms with Crippen LogP contribution in [-0.4, -0.2) is 44.5 Å². The second-order valence-electron chi connectivity index (χ2n) is 9.73. The Morgan fingerprint density at radius 3 is 2.21 bits per heavy atom. The van der Waals surface area contributed by atoms with E-state index in [4.69, 9.17) is 27.9 Å². The molecule has 12 heteroatoms. The summed E-state index contributed by atoms with van der Waals surface area (Å²) in [6, 6.07) is 1.83. The number of hydrogen-bond donors (Lipinski definition) is 3. The molecule has 9 nitrogen and oxygen atoms in total. The van der Waals surface area contributed by atoms with Crippen molar-refractivity contribution < 1.29 is 27.5 Å². The van der Waals surface area contributed by atoms with Crippen LogP contribution in [0.1, 0.15) is 45.4 Å². The zero-order valence-corrected chi connectivity index (χ0v) is 20.9. The number of benzene rings is 1. The van der Waals surface area contributed by atoms with Crippen molar-refractivity contribution in [2.45, 2.75) is 61.9 Å². The topological polar surface area (TPSA) is 131 Å². The normalized spacial score (nSPS) is 28.3. The highest BCUT2D eigenvalue weighted by molar-refractivity contribution is 7.89. The van der Waals surface area contributed by atoms with Gasteiger partial charge in [-0.2, -0.15) is 4.72 Å². The van der Waals surface area contributed by atoms with E-state index in [0.717, 1.165) is 25.3 Å². The molecule has 4 bridgehead atoms. The first-order chi connectivity index (χ1) is 15.9. The first kappa shape index (κ1) is 25.2. The van der Waals surface area contributed by atoms with Crippen molar-refractivity contribution in [1.82, 2.24) is 15.4 Å². The first-order valence-corrected chi connectivity index (χ1v) is 13.4. The Labute approximate surface area is 208 Å². The van der Waals surface area contributed by atoms with E-state index in [9.17, 15) is 22.8 Å². The molecule has 1 unspecified atom stereocenters. The van der Waals surface area contributed by atoms with Crippen LogP contribution in [0, 0.1) is 17.8 Å². The summed E-state index contributed by atoms with van der Waals surface area (Å²) in [4.78, 5) is 36.5. The van der Waals surface area contributed by atoms with Gasteiger partial charge in [-0.05, 0) is 81.4 Å². The van der Waals surface area contributed by atoms with Gasteiger partial charge in [0, 0.05) is 5.54 Å². The first-order valence-electron chi connectivity index (χ1n) is 11.2. The largest absolute Gasteiger partial charge is 0.454 e. The number of imide groups is 1. The van der Waals surface area contributed by atoms with Crippen molar-refractivity contribution in [2.75, 3.05) is 6.61 Å². The molecule has 4 saturated carbocycles. The molecule has 0 heterocycles. The molecular formula is C22H27Cl2N3O6S. The number of sulfonamides is 1. The number of hydrogen-bond acceptors (Lipinski definition) is 6. The lowest BCUT2D eigenvalue weighted by atomic mass is 9.53. The van der Waals surface area contributed by atoms with Gasteiger partial charge in [0.2, 0.25) is 10.0 Å². The van der Waals surface area contributed by atoms with Gasteiger partial charge in [0.25, 0.3) is 5.91 Å². The number of carbonyl (C=O) groups excluding carboxylic acids is 3. The fourth-order valence-electron chi connectivity index (χ4n) is 5.95. The molecule has 186 valence electrons. The Morgan fingerprint density at radius 1 is 1.06 bits per heavy atom. The van der Waals surface area contributed by atoms with Crippen molar-refractivity contribution >= 4 is 51.1 Å². The Bertz CT molecular complexity index is 1070. The van der Waals surface area contributed by atoms with Crippen LogP contribution in [0.25, 0.3) is 0 Å². The van der Waals surface area contributed by atoms with Crippen molar-refractivity contribution in [2.24, 2.45) is 17.8 Å². The van der Waals surface area contributed by atoms with Gasteiger partial charge >= 0.3 is 12.0 Å². The van der Waals surface area contributed by atoms with Gasteiger partial charge in [0.05, 0.1) is 14.9 Å². The molecule has 5 rings (SSSR count). The molecule has 0 radical (unpaired) electrons. The van der Waals surface area contributed by atoms with Gasteiger partial charge < -0.3 is 10.1 Å². The SMILES string of the molecule is CC(NS(=O)(=O)c1ccc(Cl)c(Cl)c1)C(=O)OCC(=O)NC(=O)NC12CC3CC(CC(C3)C1)C2. The molecule has 0 saturated heterocycles. The lowest BCUT2D eigenvalue weighted by molar-refractivity contribution is -0.149. The Hall–Kier alpha value is -1.88. The third-order valence-corrected chi connectivity index (χ3v) is 9.18. The number of esters is 1. The van der Waals surface area contributed by atoms with Crippen molar-refractivity contribution in [3.63, 3.8) is 0 Å². The summed E-state index contributed by atoms with van der Waals surface area (Å²) >= 11 is 11.6. The van der Waals surface area contributed by atoms with E-state index in [-0.39, 0.29) is 20.5 Å². The van der Waals surface area contributed by atoms with E-state index < -0.39 is 40.6 Å². The Kier molecular flexibility index (Phi) is 7.15. The smallest absolute Gasteiger partial charge is 0.324 e.